The molecule has 1 saturated heterocycles. The van der Waals surface area contributed by atoms with Crippen molar-refractivity contribution in [2.75, 3.05) is 17.7 Å². The Labute approximate surface area is 202 Å². The fourth-order valence-electron chi connectivity index (χ4n) is 4.15. The van der Waals surface area contributed by atoms with Gasteiger partial charge in [-0.2, -0.15) is 0 Å². The van der Waals surface area contributed by atoms with Crippen LogP contribution in [0.3, 0.4) is 0 Å². The highest BCUT2D eigenvalue weighted by Gasteiger charge is 2.35. The smallest absolute Gasteiger partial charge is 0.269 e. The summed E-state index contributed by atoms with van der Waals surface area (Å²) >= 11 is 0. The van der Waals surface area contributed by atoms with Crippen molar-refractivity contribution in [3.8, 4) is 11.3 Å². The number of nitrogen functional groups attached to an aromatic ring is 1. The van der Waals surface area contributed by atoms with E-state index in [4.69, 9.17) is 11.6 Å². The van der Waals surface area contributed by atoms with Gasteiger partial charge in [0.25, 0.3) is 11.8 Å². The first kappa shape index (κ1) is 23.7. The monoisotopic (exact) mass is 473 g/mol. The summed E-state index contributed by atoms with van der Waals surface area (Å²) in [5.41, 5.74) is 8.31. The topological polar surface area (TPSA) is 149 Å². The van der Waals surface area contributed by atoms with Gasteiger partial charge in [-0.15, -0.1) is 0 Å². The third kappa shape index (κ3) is 4.63. The number of primary amides is 1. The van der Waals surface area contributed by atoms with Crippen LogP contribution in [0.1, 0.15) is 58.0 Å². The third-order valence-corrected chi connectivity index (χ3v) is 5.92. The van der Waals surface area contributed by atoms with Gasteiger partial charge in [0.05, 0.1) is 6.04 Å². The zero-order valence-corrected chi connectivity index (χ0v) is 19.6. The number of likely N-dealkylation sites (tertiary alicyclic amines) is 1. The van der Waals surface area contributed by atoms with E-state index in [1.807, 2.05) is 13.0 Å². The van der Waals surface area contributed by atoms with Crippen molar-refractivity contribution in [3.05, 3.63) is 77.4 Å². The van der Waals surface area contributed by atoms with Crippen molar-refractivity contribution in [1.29, 1.82) is 0 Å². The molecule has 5 N–H and O–H groups in total. The van der Waals surface area contributed by atoms with Gasteiger partial charge in [0.15, 0.2) is 11.5 Å². The summed E-state index contributed by atoms with van der Waals surface area (Å²) in [5, 5.41) is 2.74. The fraction of sp³-hybridized carbons (Fsp3) is 0.240. The second kappa shape index (κ2) is 9.41. The van der Waals surface area contributed by atoms with Crippen LogP contribution in [0, 0.1) is 6.92 Å². The van der Waals surface area contributed by atoms with Crippen molar-refractivity contribution in [1.82, 2.24) is 19.5 Å². The Kier molecular flexibility index (Phi) is 6.37. The number of benzene rings is 1. The standard InChI is InChI=1S/C25H27N7O3/c1-14(2)25(35)31-12-4-5-18(31)23-30-20(21(22(26)33)32(23)27)16-7-9-17(10-8-16)24(34)29-19-11-6-15(3)13-28-19/h6-11,13,18H,1,4-5,12,27H2,2-3H3,(H2,26,33)(H,28,29,34). The van der Waals surface area contributed by atoms with Gasteiger partial charge >= 0.3 is 0 Å². The summed E-state index contributed by atoms with van der Waals surface area (Å²) in [5.74, 6) is 5.81. The van der Waals surface area contributed by atoms with Gasteiger partial charge in [-0.25, -0.2) is 14.6 Å². The number of rotatable bonds is 6. The first-order chi connectivity index (χ1) is 16.7. The Morgan fingerprint density at radius 2 is 1.86 bits per heavy atom. The summed E-state index contributed by atoms with van der Waals surface area (Å²) in [6.45, 7) is 7.85. The predicted molar refractivity (Wildman–Crippen MR) is 132 cm³/mol. The Morgan fingerprint density at radius 3 is 2.46 bits per heavy atom. The van der Waals surface area contributed by atoms with E-state index in [2.05, 4.69) is 21.9 Å². The fourth-order valence-corrected chi connectivity index (χ4v) is 4.15. The van der Waals surface area contributed by atoms with Crippen molar-refractivity contribution < 1.29 is 14.4 Å². The predicted octanol–water partition coefficient (Wildman–Crippen LogP) is 2.56. The minimum atomic E-state index is -0.746. The molecule has 0 spiro atoms. The quantitative estimate of drug-likeness (QED) is 0.370. The summed E-state index contributed by atoms with van der Waals surface area (Å²) in [7, 11) is 0. The number of anilines is 1. The lowest BCUT2D eigenvalue weighted by molar-refractivity contribution is -0.128. The number of amides is 3. The van der Waals surface area contributed by atoms with Gasteiger partial charge in [0.2, 0.25) is 5.91 Å². The molecule has 0 radical (unpaired) electrons. The summed E-state index contributed by atoms with van der Waals surface area (Å²) in [4.78, 5) is 48.0. The van der Waals surface area contributed by atoms with Gasteiger partial charge in [0, 0.05) is 29.4 Å². The number of carbonyl (C=O) groups is 3. The number of nitrogens with two attached hydrogens (primary N) is 2. The lowest BCUT2D eigenvalue weighted by atomic mass is 10.1. The van der Waals surface area contributed by atoms with E-state index in [-0.39, 0.29) is 23.2 Å². The first-order valence-electron chi connectivity index (χ1n) is 11.2. The molecule has 10 heteroatoms. The summed E-state index contributed by atoms with van der Waals surface area (Å²) in [6, 6.07) is 9.75. The molecule has 10 nitrogen and oxygen atoms in total. The van der Waals surface area contributed by atoms with E-state index in [1.165, 1.54) is 0 Å². The van der Waals surface area contributed by atoms with Crippen LogP contribution in [0.4, 0.5) is 5.82 Å². The molecule has 180 valence electrons. The maximum Gasteiger partial charge on any atom is 0.269 e. The van der Waals surface area contributed by atoms with Crippen LogP contribution < -0.4 is 16.9 Å². The number of nitrogens with one attached hydrogen (secondary N) is 1. The maximum atomic E-state index is 12.6. The van der Waals surface area contributed by atoms with E-state index in [9.17, 15) is 14.4 Å². The van der Waals surface area contributed by atoms with Crippen molar-refractivity contribution >= 4 is 23.5 Å². The normalized spacial score (nSPS) is 15.1. The van der Waals surface area contributed by atoms with E-state index >= 15 is 0 Å². The molecule has 35 heavy (non-hydrogen) atoms. The van der Waals surface area contributed by atoms with Gasteiger partial charge in [-0.05, 0) is 50.5 Å². The molecule has 1 aliphatic heterocycles. The molecule has 0 saturated carbocycles. The molecule has 3 heterocycles. The molecule has 3 amide bonds. The van der Waals surface area contributed by atoms with Gasteiger partial charge < -0.3 is 21.8 Å². The zero-order valence-electron chi connectivity index (χ0n) is 19.6. The second-order valence-electron chi connectivity index (χ2n) is 8.59. The van der Waals surface area contributed by atoms with Gasteiger partial charge in [-0.3, -0.25) is 14.4 Å². The number of imidazole rings is 1. The van der Waals surface area contributed by atoms with Crippen LogP contribution in [-0.4, -0.2) is 43.8 Å². The second-order valence-corrected chi connectivity index (χ2v) is 8.59. The molecular formula is C25H27N7O3. The van der Waals surface area contributed by atoms with Crippen LogP contribution >= 0.6 is 0 Å². The number of hydrogen-bond acceptors (Lipinski definition) is 6. The third-order valence-electron chi connectivity index (χ3n) is 5.92. The van der Waals surface area contributed by atoms with Crippen LogP contribution in [0.2, 0.25) is 0 Å². The lowest BCUT2D eigenvalue weighted by Gasteiger charge is -2.24. The largest absolute Gasteiger partial charge is 0.364 e. The average Bonchev–Trinajstić information content (AvgIpc) is 3.44. The van der Waals surface area contributed by atoms with E-state index in [0.29, 0.717) is 41.3 Å². The number of aromatic nitrogens is 3. The Morgan fingerprint density at radius 1 is 1.14 bits per heavy atom. The van der Waals surface area contributed by atoms with Gasteiger partial charge in [-0.1, -0.05) is 24.8 Å². The number of aryl methyl sites for hydroxylation is 1. The first-order valence-corrected chi connectivity index (χ1v) is 11.2. The molecule has 1 aliphatic rings. The molecule has 1 unspecified atom stereocenters. The van der Waals surface area contributed by atoms with E-state index < -0.39 is 11.9 Å². The summed E-state index contributed by atoms with van der Waals surface area (Å²) in [6.07, 6.45) is 3.09. The van der Waals surface area contributed by atoms with Crippen LogP contribution in [0.25, 0.3) is 11.3 Å². The van der Waals surface area contributed by atoms with E-state index in [1.54, 1.807) is 48.4 Å². The highest BCUT2D eigenvalue weighted by atomic mass is 16.2. The SMILES string of the molecule is C=C(C)C(=O)N1CCCC1c1nc(-c2ccc(C(=O)Nc3ccc(C)cn3)cc2)c(C(N)=O)n1N. The van der Waals surface area contributed by atoms with Gasteiger partial charge in [0.1, 0.15) is 11.5 Å². The van der Waals surface area contributed by atoms with Crippen LogP contribution in [-0.2, 0) is 4.79 Å². The number of hydrogen-bond donors (Lipinski definition) is 3. The Balaban J connectivity index is 1.64. The Bertz CT molecular complexity index is 1310. The zero-order chi connectivity index (χ0) is 25.3. The number of nitrogens with zero attached hydrogens (tertiary/aromatic N) is 4. The van der Waals surface area contributed by atoms with Crippen molar-refractivity contribution in [2.45, 2.75) is 32.7 Å². The minimum absolute atomic E-state index is 0.0238. The van der Waals surface area contributed by atoms with E-state index in [0.717, 1.165) is 16.7 Å². The lowest BCUT2D eigenvalue weighted by Crippen LogP contribution is -2.34. The number of pyridine rings is 1. The molecule has 1 atom stereocenters. The molecule has 1 aromatic carbocycles. The summed E-state index contributed by atoms with van der Waals surface area (Å²) < 4.78 is 1.16. The number of carbonyl (C=O) groups excluding carboxylic acids is 3. The molecule has 2 aromatic heterocycles. The molecule has 4 rings (SSSR count). The van der Waals surface area contributed by atoms with Crippen LogP contribution in [0.15, 0.2) is 54.7 Å². The molecule has 1 fully saturated rings. The highest BCUT2D eigenvalue weighted by molar-refractivity contribution is 6.04. The maximum absolute atomic E-state index is 12.6. The van der Waals surface area contributed by atoms with Crippen LogP contribution in [0.5, 0.6) is 0 Å². The Hall–Kier alpha value is -4.47. The molecule has 0 aliphatic carbocycles. The molecule has 3 aromatic rings. The minimum Gasteiger partial charge on any atom is -0.364 e. The average molecular weight is 474 g/mol. The van der Waals surface area contributed by atoms with Crippen molar-refractivity contribution in [2.24, 2.45) is 5.73 Å². The molecular weight excluding hydrogens is 446 g/mol. The highest BCUT2D eigenvalue weighted by Crippen LogP contribution is 2.35. The van der Waals surface area contributed by atoms with Crippen molar-refractivity contribution in [3.63, 3.8) is 0 Å². The molecule has 0 bridgehead atoms.